The number of hydrogen-bond donors (Lipinski definition) is 1. The summed E-state index contributed by atoms with van der Waals surface area (Å²) in [5, 5.41) is 0. The molecule has 4 rings (SSSR count). The Hall–Kier alpha value is -1.36. The second kappa shape index (κ2) is 6.87. The van der Waals surface area contributed by atoms with E-state index in [9.17, 15) is 0 Å². The van der Waals surface area contributed by atoms with E-state index < -0.39 is 0 Å². The maximum atomic E-state index is 6.45. The molecule has 1 aliphatic heterocycles. The van der Waals surface area contributed by atoms with E-state index in [2.05, 4.69) is 45.1 Å². The zero-order valence-electron chi connectivity index (χ0n) is 13.7. The summed E-state index contributed by atoms with van der Waals surface area (Å²) in [5.41, 5.74) is 8.95. The molecule has 1 fully saturated rings. The summed E-state index contributed by atoms with van der Waals surface area (Å²) in [5.74, 6) is 0.922. The number of ether oxygens (including phenoxy) is 1. The fraction of sp³-hybridized carbons (Fsp3) is 0.400. The van der Waals surface area contributed by atoms with Crippen molar-refractivity contribution in [3.63, 3.8) is 0 Å². The number of piperidine rings is 1. The molecular formula is C20H23BrN2O. The van der Waals surface area contributed by atoms with E-state index in [1.807, 2.05) is 24.3 Å². The largest absolute Gasteiger partial charge is 0.484 e. The molecule has 0 bridgehead atoms. The molecular weight excluding hydrogens is 364 g/mol. The standard InChI is InChI=1S/C20H23BrN2O/c21-15-7-9-17(10-8-15)24-20-18-6-2-1-4-14(18)12-19(20)23-11-3-5-16(22)13-23/h1-2,4,6-10,16,19-20H,3,5,11-13,22H2/t16-,19-,20-/m1/s1. The fourth-order valence-corrected chi connectivity index (χ4v) is 4.27. The molecule has 1 saturated heterocycles. The number of benzene rings is 2. The summed E-state index contributed by atoms with van der Waals surface area (Å²) in [6, 6.07) is 17.5. The van der Waals surface area contributed by atoms with Gasteiger partial charge < -0.3 is 10.5 Å². The third-order valence-corrected chi connectivity index (χ3v) is 5.70. The molecule has 3 atom stereocenters. The van der Waals surface area contributed by atoms with E-state index in [1.54, 1.807) is 0 Å². The fourth-order valence-electron chi connectivity index (χ4n) is 4.00. The molecule has 0 unspecified atom stereocenters. The predicted octanol–water partition coefficient (Wildman–Crippen LogP) is 3.92. The van der Waals surface area contributed by atoms with Crippen molar-refractivity contribution in [1.82, 2.24) is 4.90 Å². The minimum atomic E-state index is 0.0766. The van der Waals surface area contributed by atoms with Crippen LogP contribution in [-0.4, -0.2) is 30.1 Å². The molecule has 3 nitrogen and oxygen atoms in total. The molecule has 2 aromatic rings. The Morgan fingerprint density at radius 1 is 1.08 bits per heavy atom. The molecule has 2 aliphatic rings. The van der Waals surface area contributed by atoms with Gasteiger partial charge in [-0.05, 0) is 61.2 Å². The number of halogens is 1. The summed E-state index contributed by atoms with van der Waals surface area (Å²) in [4.78, 5) is 2.54. The second-order valence-electron chi connectivity index (χ2n) is 6.86. The number of nitrogens with zero attached hydrogens (tertiary/aromatic N) is 1. The van der Waals surface area contributed by atoms with Crippen molar-refractivity contribution in [3.8, 4) is 5.75 Å². The van der Waals surface area contributed by atoms with E-state index in [4.69, 9.17) is 10.5 Å². The van der Waals surface area contributed by atoms with E-state index in [0.717, 1.165) is 36.2 Å². The van der Waals surface area contributed by atoms with Gasteiger partial charge in [0.25, 0.3) is 0 Å². The van der Waals surface area contributed by atoms with Gasteiger partial charge in [-0.1, -0.05) is 40.2 Å². The lowest BCUT2D eigenvalue weighted by Crippen LogP contribution is -2.49. The van der Waals surface area contributed by atoms with E-state index in [0.29, 0.717) is 6.04 Å². The Morgan fingerprint density at radius 3 is 2.67 bits per heavy atom. The quantitative estimate of drug-likeness (QED) is 0.868. The summed E-state index contributed by atoms with van der Waals surface area (Å²) < 4.78 is 7.52. The predicted molar refractivity (Wildman–Crippen MR) is 100 cm³/mol. The highest BCUT2D eigenvalue weighted by Gasteiger charge is 2.39. The van der Waals surface area contributed by atoms with Crippen LogP contribution in [0, 0.1) is 0 Å². The van der Waals surface area contributed by atoms with Crippen molar-refractivity contribution in [3.05, 3.63) is 64.1 Å². The lowest BCUT2D eigenvalue weighted by molar-refractivity contribution is 0.0593. The normalized spacial score (nSPS) is 27.0. The van der Waals surface area contributed by atoms with Crippen LogP contribution in [0.5, 0.6) is 5.75 Å². The summed E-state index contributed by atoms with van der Waals surface area (Å²) in [7, 11) is 0. The van der Waals surface area contributed by atoms with Gasteiger partial charge in [0.1, 0.15) is 11.9 Å². The van der Waals surface area contributed by atoms with Crippen LogP contribution >= 0.6 is 15.9 Å². The highest BCUT2D eigenvalue weighted by molar-refractivity contribution is 9.10. The molecule has 0 amide bonds. The van der Waals surface area contributed by atoms with Gasteiger partial charge in [-0.3, -0.25) is 4.90 Å². The monoisotopic (exact) mass is 386 g/mol. The van der Waals surface area contributed by atoms with E-state index in [-0.39, 0.29) is 12.1 Å². The van der Waals surface area contributed by atoms with Gasteiger partial charge in [0.2, 0.25) is 0 Å². The topological polar surface area (TPSA) is 38.5 Å². The van der Waals surface area contributed by atoms with Crippen LogP contribution in [0.15, 0.2) is 53.0 Å². The lowest BCUT2D eigenvalue weighted by Gasteiger charge is -2.38. The van der Waals surface area contributed by atoms with Gasteiger partial charge in [0.05, 0.1) is 6.04 Å². The van der Waals surface area contributed by atoms with Gasteiger partial charge >= 0.3 is 0 Å². The second-order valence-corrected chi connectivity index (χ2v) is 7.78. The maximum Gasteiger partial charge on any atom is 0.140 e. The molecule has 24 heavy (non-hydrogen) atoms. The molecule has 4 heteroatoms. The smallest absolute Gasteiger partial charge is 0.140 e. The summed E-state index contributed by atoms with van der Waals surface area (Å²) >= 11 is 3.49. The van der Waals surface area contributed by atoms with Crippen molar-refractivity contribution >= 4 is 15.9 Å². The maximum absolute atomic E-state index is 6.45. The SMILES string of the molecule is N[C@@H]1CCCN([C@@H]2Cc3ccccc3[C@H]2Oc2ccc(Br)cc2)C1. The van der Waals surface area contributed by atoms with Gasteiger partial charge in [-0.15, -0.1) is 0 Å². The Bertz CT molecular complexity index is 703. The Morgan fingerprint density at radius 2 is 1.88 bits per heavy atom. The highest BCUT2D eigenvalue weighted by Crippen LogP contribution is 2.38. The molecule has 126 valence electrons. The molecule has 1 heterocycles. The Labute approximate surface area is 151 Å². The average molecular weight is 387 g/mol. The minimum absolute atomic E-state index is 0.0766. The summed E-state index contributed by atoms with van der Waals surface area (Å²) in [6.45, 7) is 2.09. The summed E-state index contributed by atoms with van der Waals surface area (Å²) in [6.07, 6.45) is 3.44. The van der Waals surface area contributed by atoms with Gasteiger partial charge in [0.15, 0.2) is 0 Å². The third kappa shape index (κ3) is 3.23. The molecule has 0 radical (unpaired) electrons. The molecule has 2 aromatic carbocycles. The van der Waals surface area contributed by atoms with Crippen LogP contribution in [-0.2, 0) is 6.42 Å². The first-order valence-corrected chi connectivity index (χ1v) is 9.49. The molecule has 1 aliphatic carbocycles. The molecule has 0 aromatic heterocycles. The first-order valence-electron chi connectivity index (χ1n) is 8.70. The van der Waals surface area contributed by atoms with Crippen molar-refractivity contribution in [2.24, 2.45) is 5.73 Å². The molecule has 0 spiro atoms. The van der Waals surface area contributed by atoms with Gasteiger partial charge in [-0.2, -0.15) is 0 Å². The molecule has 0 saturated carbocycles. The Balaban J connectivity index is 1.62. The average Bonchev–Trinajstić information content (AvgIpc) is 2.96. The first-order chi connectivity index (χ1) is 11.7. The Kier molecular flexibility index (Phi) is 4.61. The number of hydrogen-bond acceptors (Lipinski definition) is 3. The van der Waals surface area contributed by atoms with E-state index >= 15 is 0 Å². The van der Waals surface area contributed by atoms with Gasteiger partial charge in [-0.25, -0.2) is 0 Å². The molecule has 2 N–H and O–H groups in total. The number of nitrogens with two attached hydrogens (primary N) is 1. The minimum Gasteiger partial charge on any atom is -0.484 e. The van der Waals surface area contributed by atoms with Crippen LogP contribution in [0.2, 0.25) is 0 Å². The van der Waals surface area contributed by atoms with Crippen LogP contribution in [0.1, 0.15) is 30.1 Å². The van der Waals surface area contributed by atoms with Crippen LogP contribution < -0.4 is 10.5 Å². The third-order valence-electron chi connectivity index (χ3n) is 5.18. The van der Waals surface area contributed by atoms with Gasteiger partial charge in [0, 0.05) is 17.1 Å². The van der Waals surface area contributed by atoms with E-state index in [1.165, 1.54) is 17.5 Å². The zero-order valence-corrected chi connectivity index (χ0v) is 15.3. The van der Waals surface area contributed by atoms with Crippen LogP contribution in [0.4, 0.5) is 0 Å². The van der Waals surface area contributed by atoms with Crippen molar-refractivity contribution < 1.29 is 4.74 Å². The van der Waals surface area contributed by atoms with Crippen molar-refractivity contribution in [2.45, 2.75) is 37.5 Å². The number of rotatable bonds is 3. The van der Waals surface area contributed by atoms with Crippen LogP contribution in [0.3, 0.4) is 0 Å². The van der Waals surface area contributed by atoms with Crippen molar-refractivity contribution in [2.75, 3.05) is 13.1 Å². The van der Waals surface area contributed by atoms with Crippen LogP contribution in [0.25, 0.3) is 0 Å². The number of fused-ring (bicyclic) bond motifs is 1. The zero-order chi connectivity index (χ0) is 16.5. The first kappa shape index (κ1) is 16.1. The van der Waals surface area contributed by atoms with Crippen molar-refractivity contribution in [1.29, 1.82) is 0 Å². The lowest BCUT2D eigenvalue weighted by atomic mass is 10.0. The highest BCUT2D eigenvalue weighted by atomic mass is 79.9. The number of likely N-dealkylation sites (tertiary alicyclic amines) is 1.